The second-order valence-corrected chi connectivity index (χ2v) is 5.70. The van der Waals surface area contributed by atoms with Crippen LogP contribution in [-0.4, -0.2) is 28.5 Å². The Morgan fingerprint density at radius 2 is 2.14 bits per heavy atom. The number of hydrogen-bond donors (Lipinski definition) is 2. The highest BCUT2D eigenvalue weighted by atomic mass is 16.1. The quantitative estimate of drug-likeness (QED) is 0.790. The molecule has 1 amide bonds. The molecule has 1 heterocycles. The summed E-state index contributed by atoms with van der Waals surface area (Å²) in [7, 11) is 0. The molecule has 0 radical (unpaired) electrons. The maximum atomic E-state index is 11.7. The molecule has 0 atom stereocenters. The van der Waals surface area contributed by atoms with Gasteiger partial charge in [0, 0.05) is 12.6 Å². The lowest BCUT2D eigenvalue weighted by atomic mass is 9.97. The van der Waals surface area contributed by atoms with Crippen LogP contribution in [0.15, 0.2) is 24.0 Å². The Morgan fingerprint density at radius 3 is 2.76 bits per heavy atom. The number of anilines is 1. The predicted octanol–water partition coefficient (Wildman–Crippen LogP) is 2.92. The largest absolute Gasteiger partial charge is 0.368 e. The van der Waals surface area contributed by atoms with E-state index in [0.717, 1.165) is 13.0 Å². The number of aromatic nitrogens is 2. The van der Waals surface area contributed by atoms with Crippen molar-refractivity contribution in [3.8, 4) is 0 Å². The van der Waals surface area contributed by atoms with Gasteiger partial charge in [-0.1, -0.05) is 11.6 Å². The molecule has 1 aliphatic rings. The first-order valence-electron chi connectivity index (χ1n) is 7.70. The van der Waals surface area contributed by atoms with Crippen molar-refractivity contribution in [2.24, 2.45) is 0 Å². The fraction of sp³-hybridized carbons (Fsp3) is 0.562. The molecule has 0 saturated heterocycles. The number of allylic oxidation sites excluding steroid dienone is 1. The molecule has 5 nitrogen and oxygen atoms in total. The van der Waals surface area contributed by atoms with Gasteiger partial charge in [-0.15, -0.1) is 0 Å². The van der Waals surface area contributed by atoms with Crippen molar-refractivity contribution < 1.29 is 4.79 Å². The first-order chi connectivity index (χ1) is 10.1. The van der Waals surface area contributed by atoms with Gasteiger partial charge in [0.25, 0.3) is 5.91 Å². The summed E-state index contributed by atoms with van der Waals surface area (Å²) < 4.78 is 0. The lowest BCUT2D eigenvalue weighted by Crippen LogP contribution is -2.30. The highest BCUT2D eigenvalue weighted by Crippen LogP contribution is 2.19. The van der Waals surface area contributed by atoms with Crippen LogP contribution in [0.3, 0.4) is 0 Å². The van der Waals surface area contributed by atoms with E-state index in [1.54, 1.807) is 6.20 Å². The summed E-state index contributed by atoms with van der Waals surface area (Å²) in [5.74, 6) is 0.531. The molecule has 0 aromatic carbocycles. The van der Waals surface area contributed by atoms with Crippen LogP contribution in [0.1, 0.15) is 56.4 Å². The highest BCUT2D eigenvalue weighted by molar-refractivity contribution is 5.92. The van der Waals surface area contributed by atoms with Gasteiger partial charge in [0.05, 0.1) is 12.4 Å². The van der Waals surface area contributed by atoms with Crippen molar-refractivity contribution in [2.45, 2.75) is 52.0 Å². The second-order valence-electron chi connectivity index (χ2n) is 5.70. The Bertz CT molecular complexity index is 494. The maximum absolute atomic E-state index is 11.7. The lowest BCUT2D eigenvalue weighted by Gasteiger charge is -2.13. The summed E-state index contributed by atoms with van der Waals surface area (Å²) in [4.78, 5) is 20.1. The minimum Gasteiger partial charge on any atom is -0.368 e. The van der Waals surface area contributed by atoms with Crippen molar-refractivity contribution in [1.29, 1.82) is 0 Å². The van der Waals surface area contributed by atoms with Crippen LogP contribution < -0.4 is 10.6 Å². The molecular weight excluding hydrogens is 264 g/mol. The van der Waals surface area contributed by atoms with Crippen LogP contribution >= 0.6 is 0 Å². The van der Waals surface area contributed by atoms with E-state index in [1.165, 1.54) is 37.5 Å². The van der Waals surface area contributed by atoms with Gasteiger partial charge in [0.1, 0.15) is 11.5 Å². The molecule has 21 heavy (non-hydrogen) atoms. The minimum absolute atomic E-state index is 0.0980. The average molecular weight is 288 g/mol. The van der Waals surface area contributed by atoms with Crippen LogP contribution in [0.5, 0.6) is 0 Å². The molecule has 0 fully saturated rings. The number of nitrogens with one attached hydrogen (secondary N) is 2. The lowest BCUT2D eigenvalue weighted by molar-refractivity contribution is 0.0937. The highest BCUT2D eigenvalue weighted by Gasteiger charge is 2.09. The smallest absolute Gasteiger partial charge is 0.271 e. The number of hydrogen-bond acceptors (Lipinski definition) is 4. The van der Waals surface area contributed by atoms with Crippen molar-refractivity contribution in [3.05, 3.63) is 29.7 Å². The first-order valence-corrected chi connectivity index (χ1v) is 7.70. The van der Waals surface area contributed by atoms with E-state index >= 15 is 0 Å². The molecule has 1 aromatic rings. The van der Waals surface area contributed by atoms with E-state index in [4.69, 9.17) is 0 Å². The molecule has 0 saturated carbocycles. The van der Waals surface area contributed by atoms with Crippen molar-refractivity contribution in [1.82, 2.24) is 15.3 Å². The zero-order valence-corrected chi connectivity index (χ0v) is 12.9. The summed E-state index contributed by atoms with van der Waals surface area (Å²) in [6, 6.07) is 0.0980. The zero-order valence-electron chi connectivity index (χ0n) is 12.9. The summed E-state index contributed by atoms with van der Waals surface area (Å²) >= 11 is 0. The normalized spacial score (nSPS) is 14.7. The molecule has 5 heteroatoms. The Labute approximate surface area is 126 Å². The van der Waals surface area contributed by atoms with Crippen LogP contribution in [0.25, 0.3) is 0 Å². The number of nitrogens with zero attached hydrogens (tertiary/aromatic N) is 2. The van der Waals surface area contributed by atoms with Gasteiger partial charge in [0.2, 0.25) is 0 Å². The van der Waals surface area contributed by atoms with Gasteiger partial charge in [-0.05, 0) is 46.0 Å². The van der Waals surface area contributed by atoms with Gasteiger partial charge in [-0.2, -0.15) is 0 Å². The SMILES string of the molecule is CC(C)NC(=O)c1cnc(NCCC2=CCCCC2)cn1. The summed E-state index contributed by atoms with van der Waals surface area (Å²) in [5.41, 5.74) is 1.89. The molecule has 2 rings (SSSR count). The maximum Gasteiger partial charge on any atom is 0.271 e. The topological polar surface area (TPSA) is 66.9 Å². The third-order valence-electron chi connectivity index (χ3n) is 3.44. The van der Waals surface area contributed by atoms with E-state index in [9.17, 15) is 4.79 Å². The summed E-state index contributed by atoms with van der Waals surface area (Å²) in [6.45, 7) is 4.69. The van der Waals surface area contributed by atoms with Crippen LogP contribution in [0.2, 0.25) is 0 Å². The average Bonchev–Trinajstić information content (AvgIpc) is 2.48. The van der Waals surface area contributed by atoms with E-state index in [0.29, 0.717) is 11.5 Å². The van der Waals surface area contributed by atoms with E-state index in [1.807, 2.05) is 13.8 Å². The zero-order chi connectivity index (χ0) is 15.1. The standard InChI is InChI=1S/C16H24N4O/c1-12(2)20-16(21)14-10-19-15(11-18-14)17-9-8-13-6-4-3-5-7-13/h6,10-12H,3-5,7-9H2,1-2H3,(H,17,19)(H,20,21). The van der Waals surface area contributed by atoms with Crippen molar-refractivity contribution >= 4 is 11.7 Å². The summed E-state index contributed by atoms with van der Waals surface area (Å²) in [5, 5.41) is 6.05. The van der Waals surface area contributed by atoms with Gasteiger partial charge in [-0.3, -0.25) is 4.79 Å². The third kappa shape index (κ3) is 5.17. The Kier molecular flexibility index (Phi) is 5.72. The first kappa shape index (κ1) is 15.5. The molecular formula is C16H24N4O. The molecule has 1 aliphatic carbocycles. The monoisotopic (exact) mass is 288 g/mol. The van der Waals surface area contributed by atoms with Crippen molar-refractivity contribution in [3.63, 3.8) is 0 Å². The second kappa shape index (κ2) is 7.76. The molecule has 0 spiro atoms. The van der Waals surface area contributed by atoms with E-state index in [2.05, 4.69) is 26.7 Å². The van der Waals surface area contributed by atoms with Gasteiger partial charge in [0.15, 0.2) is 0 Å². The molecule has 0 unspecified atom stereocenters. The van der Waals surface area contributed by atoms with Crippen molar-refractivity contribution in [2.75, 3.05) is 11.9 Å². The number of carbonyl (C=O) groups excluding carboxylic acids is 1. The number of rotatable bonds is 6. The molecule has 1 aromatic heterocycles. The Balaban J connectivity index is 1.79. The van der Waals surface area contributed by atoms with Crippen LogP contribution in [0, 0.1) is 0 Å². The van der Waals surface area contributed by atoms with Crippen LogP contribution in [-0.2, 0) is 0 Å². The third-order valence-corrected chi connectivity index (χ3v) is 3.44. The predicted molar refractivity (Wildman–Crippen MR) is 84.3 cm³/mol. The molecule has 0 aliphatic heterocycles. The fourth-order valence-corrected chi connectivity index (χ4v) is 2.36. The molecule has 2 N–H and O–H groups in total. The van der Waals surface area contributed by atoms with Gasteiger partial charge >= 0.3 is 0 Å². The number of carbonyl (C=O) groups is 1. The summed E-state index contributed by atoms with van der Waals surface area (Å²) in [6.07, 6.45) is 11.6. The Morgan fingerprint density at radius 1 is 1.29 bits per heavy atom. The minimum atomic E-state index is -0.184. The fourth-order valence-electron chi connectivity index (χ4n) is 2.36. The van der Waals surface area contributed by atoms with Gasteiger partial charge < -0.3 is 10.6 Å². The molecule has 0 bridgehead atoms. The number of amides is 1. The van der Waals surface area contributed by atoms with E-state index in [-0.39, 0.29) is 11.9 Å². The van der Waals surface area contributed by atoms with Gasteiger partial charge in [-0.25, -0.2) is 9.97 Å². The molecule has 114 valence electrons. The van der Waals surface area contributed by atoms with E-state index < -0.39 is 0 Å². The Hall–Kier alpha value is -1.91. The van der Waals surface area contributed by atoms with Crippen LogP contribution in [0.4, 0.5) is 5.82 Å².